The molecule has 1 unspecified atom stereocenters. The van der Waals surface area contributed by atoms with Gasteiger partial charge in [-0.1, -0.05) is 0 Å². The van der Waals surface area contributed by atoms with Crippen LogP contribution in [0.3, 0.4) is 0 Å². The molecule has 3 atom stereocenters. The third-order valence-corrected chi connectivity index (χ3v) is 4.71. The van der Waals surface area contributed by atoms with E-state index in [0.717, 1.165) is 0 Å². The first-order valence-corrected chi connectivity index (χ1v) is 8.09. The Bertz CT molecular complexity index is 453. The first-order chi connectivity index (χ1) is 10.4. The fraction of sp³-hybridized carbons (Fsp3) is 0.714. The predicted octanol–water partition coefficient (Wildman–Crippen LogP) is 0.166. The Morgan fingerprint density at radius 1 is 1.32 bits per heavy atom. The van der Waals surface area contributed by atoms with Crippen molar-refractivity contribution in [3.8, 4) is 0 Å². The average Bonchev–Trinajstić information content (AvgIpc) is 2.85. The number of rotatable bonds is 7. The fourth-order valence-corrected chi connectivity index (χ4v) is 3.68. The van der Waals surface area contributed by atoms with Gasteiger partial charge in [-0.25, -0.2) is 4.79 Å². The standard InChI is InChI=1S/C14H21NO6S/c1-8(16)15-11(14(19)21-3)7-22-6-10-9(13(18)20-2)4-5-12(10)17/h9-11H,4-7H2,1-3H3,(H,15,16)/t9-,10+,11?/m1/s1. The van der Waals surface area contributed by atoms with Crippen LogP contribution in [0.5, 0.6) is 0 Å². The lowest BCUT2D eigenvalue weighted by Gasteiger charge is -2.18. The minimum atomic E-state index is -0.763. The van der Waals surface area contributed by atoms with Crippen LogP contribution in [0.4, 0.5) is 0 Å². The third kappa shape index (κ3) is 5.01. The summed E-state index contributed by atoms with van der Waals surface area (Å²) in [4.78, 5) is 46.2. The van der Waals surface area contributed by atoms with Gasteiger partial charge in [-0.15, -0.1) is 0 Å². The maximum Gasteiger partial charge on any atom is 0.329 e. The number of methoxy groups -OCH3 is 2. The van der Waals surface area contributed by atoms with E-state index in [1.54, 1.807) is 0 Å². The van der Waals surface area contributed by atoms with Crippen LogP contribution in [-0.2, 0) is 28.7 Å². The third-order valence-electron chi connectivity index (χ3n) is 3.55. The quantitative estimate of drug-likeness (QED) is 0.664. The van der Waals surface area contributed by atoms with Gasteiger partial charge in [0.1, 0.15) is 11.8 Å². The zero-order valence-corrected chi connectivity index (χ0v) is 13.7. The number of ether oxygens (including phenoxy) is 2. The number of nitrogens with one attached hydrogen (secondary N) is 1. The summed E-state index contributed by atoms with van der Waals surface area (Å²) in [6.07, 6.45) is 0.875. The van der Waals surface area contributed by atoms with E-state index in [-0.39, 0.29) is 23.4 Å². The van der Waals surface area contributed by atoms with Crippen molar-refractivity contribution >= 4 is 35.4 Å². The van der Waals surface area contributed by atoms with Crippen LogP contribution in [0.15, 0.2) is 0 Å². The number of carbonyl (C=O) groups excluding carboxylic acids is 4. The SMILES string of the molecule is COC(=O)C(CSC[C@@H]1C(=O)CC[C@H]1C(=O)OC)NC(C)=O. The maximum absolute atomic E-state index is 11.9. The second-order valence-electron chi connectivity index (χ2n) is 5.05. The molecule has 1 N–H and O–H groups in total. The molecule has 0 aromatic carbocycles. The summed E-state index contributed by atoms with van der Waals surface area (Å²) in [5.41, 5.74) is 0. The highest BCUT2D eigenvalue weighted by Gasteiger charge is 2.39. The lowest BCUT2D eigenvalue weighted by Crippen LogP contribution is -2.42. The minimum Gasteiger partial charge on any atom is -0.469 e. The van der Waals surface area contributed by atoms with Gasteiger partial charge < -0.3 is 14.8 Å². The Morgan fingerprint density at radius 2 is 2.00 bits per heavy atom. The average molecular weight is 331 g/mol. The molecular formula is C14H21NO6S. The van der Waals surface area contributed by atoms with Gasteiger partial charge in [0.05, 0.1) is 20.1 Å². The van der Waals surface area contributed by atoms with Crippen molar-refractivity contribution in [1.29, 1.82) is 0 Å². The molecule has 7 nitrogen and oxygen atoms in total. The number of thioether (sulfide) groups is 1. The van der Waals surface area contributed by atoms with E-state index in [1.165, 1.54) is 32.9 Å². The summed E-state index contributed by atoms with van der Waals surface area (Å²) >= 11 is 1.34. The van der Waals surface area contributed by atoms with Crippen LogP contribution in [-0.4, -0.2) is 55.4 Å². The molecule has 1 saturated carbocycles. The number of hydrogen-bond donors (Lipinski definition) is 1. The number of ketones is 1. The molecule has 0 aliphatic heterocycles. The van der Waals surface area contributed by atoms with Crippen LogP contribution >= 0.6 is 11.8 Å². The Labute approximate surface area is 133 Å². The zero-order chi connectivity index (χ0) is 16.7. The van der Waals surface area contributed by atoms with Crippen molar-refractivity contribution in [2.75, 3.05) is 25.7 Å². The van der Waals surface area contributed by atoms with Crippen LogP contribution in [0, 0.1) is 11.8 Å². The van der Waals surface area contributed by atoms with Crippen molar-refractivity contribution in [3.05, 3.63) is 0 Å². The van der Waals surface area contributed by atoms with Crippen molar-refractivity contribution in [3.63, 3.8) is 0 Å². The first kappa shape index (κ1) is 18.5. The smallest absolute Gasteiger partial charge is 0.329 e. The molecule has 0 bridgehead atoms. The molecule has 0 radical (unpaired) electrons. The van der Waals surface area contributed by atoms with Gasteiger partial charge in [0.15, 0.2) is 0 Å². The highest BCUT2D eigenvalue weighted by molar-refractivity contribution is 7.99. The number of hydrogen-bond acceptors (Lipinski definition) is 7. The van der Waals surface area contributed by atoms with Gasteiger partial charge in [-0.3, -0.25) is 14.4 Å². The monoisotopic (exact) mass is 331 g/mol. The topological polar surface area (TPSA) is 98.8 Å². The molecular weight excluding hydrogens is 310 g/mol. The molecule has 0 saturated heterocycles. The Morgan fingerprint density at radius 3 is 2.55 bits per heavy atom. The fourth-order valence-electron chi connectivity index (χ4n) is 2.42. The van der Waals surface area contributed by atoms with Crippen molar-refractivity contribution in [1.82, 2.24) is 5.32 Å². The number of carbonyl (C=O) groups is 4. The predicted molar refractivity (Wildman–Crippen MR) is 80.2 cm³/mol. The highest BCUT2D eigenvalue weighted by atomic mass is 32.2. The normalized spacial score (nSPS) is 22.0. The highest BCUT2D eigenvalue weighted by Crippen LogP contribution is 2.32. The van der Waals surface area contributed by atoms with Gasteiger partial charge in [0, 0.05) is 30.8 Å². The molecule has 22 heavy (non-hydrogen) atoms. The van der Waals surface area contributed by atoms with Crippen LogP contribution in [0.2, 0.25) is 0 Å². The molecule has 0 aromatic rings. The van der Waals surface area contributed by atoms with Gasteiger partial charge >= 0.3 is 11.9 Å². The summed E-state index contributed by atoms with van der Waals surface area (Å²) in [5, 5.41) is 2.50. The number of Topliss-reactive ketones (excluding diaryl/α,β-unsaturated/α-hetero) is 1. The second kappa shape index (κ2) is 8.77. The zero-order valence-electron chi connectivity index (χ0n) is 12.9. The molecule has 0 spiro atoms. The molecule has 1 aliphatic carbocycles. The van der Waals surface area contributed by atoms with E-state index in [2.05, 4.69) is 10.1 Å². The summed E-state index contributed by atoms with van der Waals surface area (Å²) in [6.45, 7) is 1.31. The molecule has 0 heterocycles. The van der Waals surface area contributed by atoms with Crippen molar-refractivity contribution in [2.24, 2.45) is 11.8 Å². The Hall–Kier alpha value is -1.57. The van der Waals surface area contributed by atoms with E-state index in [9.17, 15) is 19.2 Å². The van der Waals surface area contributed by atoms with Crippen LogP contribution < -0.4 is 5.32 Å². The van der Waals surface area contributed by atoms with Gasteiger partial charge in [0.2, 0.25) is 5.91 Å². The van der Waals surface area contributed by atoms with E-state index in [1.807, 2.05) is 0 Å². The largest absolute Gasteiger partial charge is 0.469 e. The summed E-state index contributed by atoms with van der Waals surface area (Å²) in [7, 11) is 2.55. The molecule has 1 amide bonds. The second-order valence-corrected chi connectivity index (χ2v) is 6.13. The van der Waals surface area contributed by atoms with Crippen molar-refractivity contribution < 1.29 is 28.7 Å². The Kier molecular flexibility index (Phi) is 7.37. The van der Waals surface area contributed by atoms with Crippen LogP contribution in [0.25, 0.3) is 0 Å². The minimum absolute atomic E-state index is 0.0389. The van der Waals surface area contributed by atoms with E-state index in [0.29, 0.717) is 18.6 Å². The molecule has 124 valence electrons. The van der Waals surface area contributed by atoms with E-state index in [4.69, 9.17) is 4.74 Å². The summed E-state index contributed by atoms with van der Waals surface area (Å²) < 4.78 is 9.34. The number of esters is 2. The van der Waals surface area contributed by atoms with Crippen LogP contribution in [0.1, 0.15) is 19.8 Å². The lowest BCUT2D eigenvalue weighted by atomic mass is 9.98. The molecule has 1 fully saturated rings. The van der Waals surface area contributed by atoms with Gasteiger partial charge in [0.25, 0.3) is 0 Å². The van der Waals surface area contributed by atoms with Crippen molar-refractivity contribution in [2.45, 2.75) is 25.8 Å². The van der Waals surface area contributed by atoms with Gasteiger partial charge in [-0.2, -0.15) is 11.8 Å². The molecule has 8 heteroatoms. The summed E-state index contributed by atoms with van der Waals surface area (Å²) in [5.74, 6) is -1.32. The van der Waals surface area contributed by atoms with E-state index >= 15 is 0 Å². The Balaban J connectivity index is 2.55. The number of amides is 1. The molecule has 1 aliphatic rings. The van der Waals surface area contributed by atoms with E-state index < -0.39 is 23.8 Å². The molecule has 0 aromatic heterocycles. The molecule has 1 rings (SSSR count). The first-order valence-electron chi connectivity index (χ1n) is 6.93. The summed E-state index contributed by atoms with van der Waals surface area (Å²) in [6, 6.07) is -0.763. The maximum atomic E-state index is 11.9. The lowest BCUT2D eigenvalue weighted by molar-refractivity contribution is -0.147. The van der Waals surface area contributed by atoms with Gasteiger partial charge in [-0.05, 0) is 6.42 Å².